The predicted octanol–water partition coefficient (Wildman–Crippen LogP) is 12.9. The van der Waals surface area contributed by atoms with E-state index in [1.165, 1.54) is 92.8 Å². The maximum Gasteiger partial charge on any atom is 0.0575 e. The van der Waals surface area contributed by atoms with Crippen LogP contribution in [0.2, 0.25) is 0 Å². The zero-order valence-corrected chi connectivity index (χ0v) is 35.9. The van der Waals surface area contributed by atoms with E-state index in [9.17, 15) is 0 Å². The fraction of sp³-hybridized carbons (Fsp3) is 0.273. The second-order valence-corrected chi connectivity index (χ2v) is 15.9. The van der Waals surface area contributed by atoms with Gasteiger partial charge in [0.25, 0.3) is 0 Å². The van der Waals surface area contributed by atoms with E-state index in [0.717, 1.165) is 19.3 Å². The summed E-state index contributed by atoms with van der Waals surface area (Å²) in [6, 6.07) is 26.4. The van der Waals surface area contributed by atoms with Crippen LogP contribution in [0.1, 0.15) is 85.0 Å². The van der Waals surface area contributed by atoms with Crippen LogP contribution in [0.15, 0.2) is 157 Å². The van der Waals surface area contributed by atoms with Gasteiger partial charge in [0.1, 0.15) is 0 Å². The minimum absolute atomic E-state index is 0.299. The van der Waals surface area contributed by atoms with Gasteiger partial charge in [0, 0.05) is 40.9 Å². The Hall–Kier alpha value is -5.68. The van der Waals surface area contributed by atoms with Crippen molar-refractivity contribution in [2.45, 2.75) is 71.8 Å². The molecule has 3 aromatic carbocycles. The van der Waals surface area contributed by atoms with E-state index in [4.69, 9.17) is 5.73 Å². The third kappa shape index (κ3) is 10.1. The second-order valence-electron chi connectivity index (χ2n) is 15.9. The number of nitrogens with two attached hydrogens (primary N) is 2. The molecule has 0 radical (unpaired) electrons. The van der Waals surface area contributed by atoms with Gasteiger partial charge in [0.15, 0.2) is 0 Å². The Kier molecular flexibility index (Phi) is 15.2. The molecule has 0 fully saturated rings. The van der Waals surface area contributed by atoms with Gasteiger partial charge < -0.3 is 21.4 Å². The second kappa shape index (κ2) is 20.8. The van der Waals surface area contributed by atoms with E-state index >= 15 is 0 Å². The van der Waals surface area contributed by atoms with Gasteiger partial charge in [-0.25, -0.2) is 0 Å². The van der Waals surface area contributed by atoms with Crippen molar-refractivity contribution in [1.29, 1.82) is 0 Å². The number of aromatic nitrogens is 1. The molecular weight excluding hydrogens is 717 g/mol. The molecule has 0 saturated carbocycles. The molecule has 9 rings (SSSR count). The van der Waals surface area contributed by atoms with Gasteiger partial charge >= 0.3 is 0 Å². The van der Waals surface area contributed by atoms with Crippen LogP contribution in [0.3, 0.4) is 0 Å². The number of hydrogen-bond donors (Lipinski definition) is 3. The van der Waals surface area contributed by atoms with Crippen LogP contribution < -0.4 is 16.8 Å². The number of fused-ring (bicyclic) bond motifs is 4. The fourth-order valence-corrected chi connectivity index (χ4v) is 8.71. The van der Waals surface area contributed by atoms with E-state index < -0.39 is 0 Å². The summed E-state index contributed by atoms with van der Waals surface area (Å²) in [5.74, 6) is 1.12. The zero-order chi connectivity index (χ0) is 41.7. The van der Waals surface area contributed by atoms with Crippen molar-refractivity contribution < 1.29 is 0 Å². The molecule has 1 aliphatic heterocycles. The van der Waals surface area contributed by atoms with Gasteiger partial charge in [-0.2, -0.15) is 0 Å². The number of anilines is 1. The van der Waals surface area contributed by atoms with Crippen LogP contribution in [0.4, 0.5) is 5.69 Å². The third-order valence-electron chi connectivity index (χ3n) is 11.9. The molecule has 5 aliphatic rings. The van der Waals surface area contributed by atoms with Crippen LogP contribution in [0.25, 0.3) is 35.2 Å². The first-order valence-corrected chi connectivity index (χ1v) is 21.5. The van der Waals surface area contributed by atoms with Gasteiger partial charge in [-0.15, -0.1) is 0 Å². The van der Waals surface area contributed by atoms with Crippen molar-refractivity contribution in [3.63, 3.8) is 0 Å². The molecule has 4 aliphatic carbocycles. The molecule has 4 heteroatoms. The summed E-state index contributed by atoms with van der Waals surface area (Å²) in [4.78, 5) is 0. The molecular formula is C55H64N4. The summed E-state index contributed by atoms with van der Waals surface area (Å²) in [5.41, 5.74) is 27.5. The molecule has 0 saturated heterocycles. The summed E-state index contributed by atoms with van der Waals surface area (Å²) in [5, 5.41) is 3.79. The van der Waals surface area contributed by atoms with Crippen molar-refractivity contribution in [2.75, 3.05) is 18.9 Å². The smallest absolute Gasteiger partial charge is 0.0575 e. The number of aryl methyl sites for hydroxylation is 2. The molecule has 4 atom stereocenters. The summed E-state index contributed by atoms with van der Waals surface area (Å²) < 4.78 is 2.46. The van der Waals surface area contributed by atoms with Gasteiger partial charge in [-0.05, 0) is 118 Å². The van der Waals surface area contributed by atoms with E-state index in [0.29, 0.717) is 30.3 Å². The molecule has 0 amide bonds. The normalized spacial score (nSPS) is 20.7. The van der Waals surface area contributed by atoms with E-state index in [2.05, 4.69) is 183 Å². The summed E-state index contributed by atoms with van der Waals surface area (Å²) >= 11 is 0. The lowest BCUT2D eigenvalue weighted by Gasteiger charge is -2.30. The highest BCUT2D eigenvalue weighted by atomic mass is 15.0. The fourth-order valence-electron chi connectivity index (χ4n) is 8.71. The Morgan fingerprint density at radius 3 is 2.32 bits per heavy atom. The Bertz CT molecular complexity index is 2320. The zero-order valence-electron chi connectivity index (χ0n) is 35.9. The first-order chi connectivity index (χ1) is 28.9. The lowest BCUT2D eigenvalue weighted by atomic mass is 9.82. The highest BCUT2D eigenvalue weighted by molar-refractivity contribution is 5.85. The highest BCUT2D eigenvalue weighted by Gasteiger charge is 2.29. The molecule has 2 heterocycles. The van der Waals surface area contributed by atoms with Crippen LogP contribution in [0.5, 0.6) is 0 Å². The topological polar surface area (TPSA) is 69.0 Å². The van der Waals surface area contributed by atoms with E-state index in [-0.39, 0.29) is 0 Å². The average molecular weight is 781 g/mol. The molecule has 59 heavy (non-hydrogen) atoms. The minimum Gasteiger partial charge on any atom is -0.378 e. The molecule has 0 spiro atoms. The first-order valence-electron chi connectivity index (χ1n) is 21.5. The van der Waals surface area contributed by atoms with E-state index in [1.54, 1.807) is 0 Å². The molecule has 304 valence electrons. The maximum atomic E-state index is 5.82. The van der Waals surface area contributed by atoms with Crippen molar-refractivity contribution in [2.24, 2.45) is 23.3 Å². The summed E-state index contributed by atoms with van der Waals surface area (Å²) in [6.07, 6.45) is 37.2. The summed E-state index contributed by atoms with van der Waals surface area (Å²) in [6.45, 7) is 13.6. The Morgan fingerprint density at radius 1 is 0.898 bits per heavy atom. The number of nitrogens with zero attached hydrogens (tertiary/aromatic N) is 1. The van der Waals surface area contributed by atoms with E-state index in [1.807, 2.05) is 24.3 Å². The summed E-state index contributed by atoms with van der Waals surface area (Å²) in [7, 11) is 1.50. The number of nitrogens with one attached hydrogen (secondary N) is 1. The van der Waals surface area contributed by atoms with Gasteiger partial charge in [0.2, 0.25) is 0 Å². The molecule has 4 aromatic rings. The third-order valence-corrected chi connectivity index (χ3v) is 11.9. The maximum absolute atomic E-state index is 5.82. The predicted molar refractivity (Wildman–Crippen MR) is 258 cm³/mol. The van der Waals surface area contributed by atoms with Gasteiger partial charge in [-0.3, -0.25) is 0 Å². The minimum atomic E-state index is 0.299. The Labute approximate surface area is 354 Å². The van der Waals surface area contributed by atoms with Crippen molar-refractivity contribution in [3.05, 3.63) is 196 Å². The standard InChI is InChI=1S/C40H41N3.C7H10.C7H8.CH5N/c1-4-8-35-36-19-15-28-9-6-7-10-34(28)40(36)43(39(35)5-2)32-18-20-33(26(3)23-32)30-16-21-38-31(24-30)17-22-37(42-38)29-13-11-27(25-41)12-14-29;2*1-7-5-3-2-4-6-7;1-2/h4-13,16-18,20-24,26,29,33,37,42H,2,14-15,19,25,41H2,1,3H3;2-3,5H,4,6H2,1H3;2-6H,1H3;2H2,1H3/b8-4-;;;. The van der Waals surface area contributed by atoms with Crippen LogP contribution in [-0.2, 0) is 12.8 Å². The molecule has 4 nitrogen and oxygen atoms in total. The monoisotopic (exact) mass is 781 g/mol. The van der Waals surface area contributed by atoms with Crippen LogP contribution in [0, 0.1) is 18.8 Å². The first kappa shape index (κ1) is 42.9. The molecule has 4 unspecified atom stereocenters. The SMILES string of the molecule is C=Cc1c(/C=C\C)c2c(n1C1=CC(C)C(c3ccc4c(c3)C=CC(C3C=CC(CN)=CC3)N4)C=C1)-c1ccccc1CC2.CC1=CC=CCC1.CN.Cc1ccccc1. The van der Waals surface area contributed by atoms with Gasteiger partial charge in [-0.1, -0.05) is 158 Å². The van der Waals surface area contributed by atoms with Crippen molar-refractivity contribution in [1.82, 2.24) is 4.57 Å². The number of rotatable bonds is 6. The lowest BCUT2D eigenvalue weighted by Crippen LogP contribution is -2.29. The number of allylic oxidation sites excluding steroid dienone is 10. The highest BCUT2D eigenvalue weighted by Crippen LogP contribution is 2.44. The number of hydrogen-bond acceptors (Lipinski definition) is 3. The van der Waals surface area contributed by atoms with Gasteiger partial charge in [0.05, 0.1) is 17.4 Å². The lowest BCUT2D eigenvalue weighted by molar-refractivity contribution is 0.603. The average Bonchev–Trinajstić information content (AvgIpc) is 3.61. The molecule has 0 bridgehead atoms. The molecule has 5 N–H and O–H groups in total. The van der Waals surface area contributed by atoms with Crippen LogP contribution >= 0.6 is 0 Å². The molecule has 1 aromatic heterocycles. The van der Waals surface area contributed by atoms with Crippen molar-refractivity contribution >= 4 is 29.6 Å². The van der Waals surface area contributed by atoms with Crippen molar-refractivity contribution in [3.8, 4) is 11.3 Å². The van der Waals surface area contributed by atoms with Crippen LogP contribution in [-0.4, -0.2) is 24.2 Å². The Balaban J connectivity index is 0.000000306. The number of benzene rings is 3. The largest absolute Gasteiger partial charge is 0.378 e. The Morgan fingerprint density at radius 2 is 1.69 bits per heavy atom. The quantitative estimate of drug-likeness (QED) is 0.182.